The standard InChI is InChI=1S/C12H13FN6/c1-2-5-19-9-6-7(13)3-4-8(9)15-11(19)10-16-12(14)18-17-10/h3-4,6H,2,5H2,1H3,(H3,14,16,17,18). The Labute approximate surface area is 108 Å². The van der Waals surface area contributed by atoms with Gasteiger partial charge in [0.2, 0.25) is 5.95 Å². The van der Waals surface area contributed by atoms with E-state index in [1.165, 1.54) is 12.1 Å². The van der Waals surface area contributed by atoms with Crippen molar-refractivity contribution >= 4 is 17.0 Å². The summed E-state index contributed by atoms with van der Waals surface area (Å²) in [5.41, 5.74) is 6.97. The lowest BCUT2D eigenvalue weighted by Crippen LogP contribution is -2.01. The molecule has 2 heterocycles. The van der Waals surface area contributed by atoms with E-state index in [0.29, 0.717) is 11.6 Å². The van der Waals surface area contributed by atoms with E-state index in [4.69, 9.17) is 5.73 Å². The summed E-state index contributed by atoms with van der Waals surface area (Å²) in [6.45, 7) is 2.76. The molecular weight excluding hydrogens is 247 g/mol. The summed E-state index contributed by atoms with van der Waals surface area (Å²) < 4.78 is 15.3. The zero-order chi connectivity index (χ0) is 13.4. The third-order valence-corrected chi connectivity index (χ3v) is 2.87. The number of H-pyrrole nitrogens is 1. The van der Waals surface area contributed by atoms with Gasteiger partial charge in [0.25, 0.3) is 0 Å². The van der Waals surface area contributed by atoms with Gasteiger partial charge in [-0.1, -0.05) is 6.92 Å². The van der Waals surface area contributed by atoms with E-state index in [-0.39, 0.29) is 11.8 Å². The van der Waals surface area contributed by atoms with Crippen molar-refractivity contribution in [2.45, 2.75) is 19.9 Å². The lowest BCUT2D eigenvalue weighted by molar-refractivity contribution is 0.627. The smallest absolute Gasteiger partial charge is 0.239 e. The van der Waals surface area contributed by atoms with Gasteiger partial charge in [-0.3, -0.25) is 5.10 Å². The number of rotatable bonds is 3. The largest absolute Gasteiger partial charge is 0.366 e. The third kappa shape index (κ3) is 1.92. The van der Waals surface area contributed by atoms with Crippen LogP contribution in [0.1, 0.15) is 13.3 Å². The Morgan fingerprint density at radius 1 is 1.37 bits per heavy atom. The predicted octanol–water partition coefficient (Wildman–Crippen LogP) is 1.95. The maximum absolute atomic E-state index is 13.4. The molecule has 19 heavy (non-hydrogen) atoms. The molecule has 0 radical (unpaired) electrons. The third-order valence-electron chi connectivity index (χ3n) is 2.87. The maximum Gasteiger partial charge on any atom is 0.239 e. The number of hydrogen-bond acceptors (Lipinski definition) is 4. The molecule has 2 aromatic heterocycles. The number of hydrogen-bond donors (Lipinski definition) is 2. The predicted molar refractivity (Wildman–Crippen MR) is 69.8 cm³/mol. The van der Waals surface area contributed by atoms with Crippen molar-refractivity contribution < 1.29 is 4.39 Å². The molecule has 6 nitrogen and oxygen atoms in total. The second-order valence-corrected chi connectivity index (χ2v) is 4.26. The second-order valence-electron chi connectivity index (χ2n) is 4.26. The van der Waals surface area contributed by atoms with E-state index in [9.17, 15) is 4.39 Å². The molecular formula is C12H13FN6. The number of anilines is 1. The molecule has 0 amide bonds. The lowest BCUT2D eigenvalue weighted by atomic mass is 10.3. The van der Waals surface area contributed by atoms with Gasteiger partial charge in [-0.05, 0) is 24.6 Å². The Hall–Kier alpha value is -2.44. The molecule has 0 aliphatic carbocycles. The number of benzene rings is 1. The van der Waals surface area contributed by atoms with Crippen LogP contribution in [0.25, 0.3) is 22.7 Å². The van der Waals surface area contributed by atoms with Gasteiger partial charge in [0.05, 0.1) is 11.0 Å². The summed E-state index contributed by atoms with van der Waals surface area (Å²) in [5.74, 6) is 0.985. The topological polar surface area (TPSA) is 85.4 Å². The zero-order valence-corrected chi connectivity index (χ0v) is 10.4. The monoisotopic (exact) mass is 260 g/mol. The van der Waals surface area contributed by atoms with Crippen LogP contribution in [0, 0.1) is 5.82 Å². The number of halogens is 1. The number of nitrogens with zero attached hydrogens (tertiary/aromatic N) is 4. The molecule has 3 rings (SSSR count). The summed E-state index contributed by atoms with van der Waals surface area (Å²) in [7, 11) is 0. The van der Waals surface area contributed by atoms with E-state index in [1.807, 2.05) is 11.5 Å². The van der Waals surface area contributed by atoms with Crippen LogP contribution in [-0.4, -0.2) is 24.7 Å². The van der Waals surface area contributed by atoms with Gasteiger partial charge in [-0.15, -0.1) is 5.10 Å². The Kier molecular flexibility index (Phi) is 2.66. The van der Waals surface area contributed by atoms with Crippen molar-refractivity contribution in [2.24, 2.45) is 0 Å². The van der Waals surface area contributed by atoms with Crippen molar-refractivity contribution in [3.8, 4) is 11.6 Å². The molecule has 0 aliphatic heterocycles. The molecule has 0 spiro atoms. The average molecular weight is 260 g/mol. The molecule has 0 aliphatic rings. The first-order chi connectivity index (χ1) is 9.19. The number of nitrogens with one attached hydrogen (secondary N) is 1. The highest BCUT2D eigenvalue weighted by Crippen LogP contribution is 2.23. The van der Waals surface area contributed by atoms with Gasteiger partial charge >= 0.3 is 0 Å². The van der Waals surface area contributed by atoms with Crippen LogP contribution in [0.4, 0.5) is 10.3 Å². The fourth-order valence-corrected chi connectivity index (χ4v) is 2.10. The molecule has 0 atom stereocenters. The molecule has 7 heteroatoms. The Bertz CT molecular complexity index is 729. The maximum atomic E-state index is 13.4. The van der Waals surface area contributed by atoms with Crippen LogP contribution in [-0.2, 0) is 6.54 Å². The van der Waals surface area contributed by atoms with Gasteiger partial charge in [-0.2, -0.15) is 4.98 Å². The fraction of sp³-hybridized carbons (Fsp3) is 0.250. The minimum Gasteiger partial charge on any atom is -0.366 e. The van der Waals surface area contributed by atoms with Crippen molar-refractivity contribution in [3.05, 3.63) is 24.0 Å². The normalized spacial score (nSPS) is 11.3. The molecule has 0 unspecified atom stereocenters. The number of nitrogen functional groups attached to an aromatic ring is 1. The van der Waals surface area contributed by atoms with Gasteiger partial charge in [0.15, 0.2) is 11.6 Å². The molecule has 0 saturated carbocycles. The molecule has 3 aromatic rings. The molecule has 3 N–H and O–H groups in total. The van der Waals surface area contributed by atoms with Gasteiger partial charge in [-0.25, -0.2) is 9.37 Å². The van der Waals surface area contributed by atoms with Gasteiger partial charge in [0, 0.05) is 6.54 Å². The Morgan fingerprint density at radius 3 is 2.89 bits per heavy atom. The highest BCUT2D eigenvalue weighted by atomic mass is 19.1. The Morgan fingerprint density at radius 2 is 2.21 bits per heavy atom. The molecule has 98 valence electrons. The molecule has 0 saturated heterocycles. The minimum absolute atomic E-state index is 0.163. The SMILES string of the molecule is CCCn1c(-c2nc(N)n[nH]2)nc2ccc(F)cc21. The van der Waals surface area contributed by atoms with Crippen molar-refractivity contribution in [2.75, 3.05) is 5.73 Å². The quantitative estimate of drug-likeness (QED) is 0.753. The lowest BCUT2D eigenvalue weighted by Gasteiger charge is -2.05. The fourth-order valence-electron chi connectivity index (χ4n) is 2.10. The van der Waals surface area contributed by atoms with Crippen LogP contribution >= 0.6 is 0 Å². The number of aromatic amines is 1. The number of aryl methyl sites for hydroxylation is 1. The minimum atomic E-state index is -0.284. The van der Waals surface area contributed by atoms with E-state index in [2.05, 4.69) is 20.2 Å². The van der Waals surface area contributed by atoms with Crippen LogP contribution in [0.2, 0.25) is 0 Å². The molecule has 1 aromatic carbocycles. The summed E-state index contributed by atoms with van der Waals surface area (Å²) in [6, 6.07) is 4.52. The summed E-state index contributed by atoms with van der Waals surface area (Å²) >= 11 is 0. The molecule has 0 bridgehead atoms. The second kappa shape index (κ2) is 4.34. The van der Waals surface area contributed by atoms with E-state index < -0.39 is 0 Å². The van der Waals surface area contributed by atoms with Crippen molar-refractivity contribution in [1.82, 2.24) is 24.7 Å². The molecule has 0 fully saturated rings. The number of fused-ring (bicyclic) bond motifs is 1. The van der Waals surface area contributed by atoms with Crippen LogP contribution in [0.5, 0.6) is 0 Å². The highest BCUT2D eigenvalue weighted by Gasteiger charge is 2.15. The van der Waals surface area contributed by atoms with Gasteiger partial charge < -0.3 is 10.3 Å². The highest BCUT2D eigenvalue weighted by molar-refractivity contribution is 5.79. The van der Waals surface area contributed by atoms with E-state index in [0.717, 1.165) is 24.0 Å². The van der Waals surface area contributed by atoms with Gasteiger partial charge in [0.1, 0.15) is 5.82 Å². The van der Waals surface area contributed by atoms with E-state index >= 15 is 0 Å². The summed E-state index contributed by atoms with van der Waals surface area (Å²) in [6.07, 6.45) is 0.901. The van der Waals surface area contributed by atoms with Crippen LogP contribution in [0.3, 0.4) is 0 Å². The average Bonchev–Trinajstić information content (AvgIpc) is 2.95. The zero-order valence-electron chi connectivity index (χ0n) is 10.4. The van der Waals surface area contributed by atoms with E-state index in [1.54, 1.807) is 6.07 Å². The van der Waals surface area contributed by atoms with Crippen molar-refractivity contribution in [1.29, 1.82) is 0 Å². The first kappa shape index (κ1) is 11.6. The van der Waals surface area contributed by atoms with Crippen LogP contribution in [0.15, 0.2) is 18.2 Å². The number of nitrogens with two attached hydrogens (primary N) is 1. The number of imidazole rings is 1. The van der Waals surface area contributed by atoms with Crippen LogP contribution < -0.4 is 5.73 Å². The summed E-state index contributed by atoms with van der Waals surface area (Å²) in [5, 5.41) is 6.53. The first-order valence-corrected chi connectivity index (χ1v) is 6.03. The number of aromatic nitrogens is 5. The summed E-state index contributed by atoms with van der Waals surface area (Å²) in [4.78, 5) is 8.54. The van der Waals surface area contributed by atoms with Crippen molar-refractivity contribution in [3.63, 3.8) is 0 Å². The Balaban J connectivity index is 2.25. The first-order valence-electron chi connectivity index (χ1n) is 6.03.